The molecule has 0 radical (unpaired) electrons. The molecule has 3 saturated heterocycles. The Morgan fingerprint density at radius 2 is 1.38 bits per heavy atom. The Balaban J connectivity index is 0.00000481. The van der Waals surface area contributed by atoms with E-state index in [4.69, 9.17) is 34.2 Å². The van der Waals surface area contributed by atoms with E-state index in [2.05, 4.69) is 0 Å². The molecule has 37 heavy (non-hydrogen) atoms. The molecule has 0 amide bonds. The maximum Gasteiger partial charge on any atom is 0.187 e. The molecular weight excluding hydrogens is 502 g/mol. The molecule has 3 aliphatic heterocycles. The Kier molecular flexibility index (Phi) is 12.9. The molecule has 0 aromatic rings. The van der Waals surface area contributed by atoms with Gasteiger partial charge in [0.1, 0.15) is 54.9 Å². The van der Waals surface area contributed by atoms with Gasteiger partial charge >= 0.3 is 0 Å². The van der Waals surface area contributed by atoms with Gasteiger partial charge in [-0.25, -0.2) is 0 Å². The van der Waals surface area contributed by atoms with Crippen molar-refractivity contribution in [3.05, 3.63) is 0 Å². The van der Waals surface area contributed by atoms with Crippen LogP contribution in [0.3, 0.4) is 0 Å². The average Bonchev–Trinajstić information content (AvgIpc) is 2.85. The lowest BCUT2D eigenvalue weighted by Crippen LogP contribution is -2.66. The fraction of sp³-hybridized carbons (Fsp3) is 1.00. The van der Waals surface area contributed by atoms with Gasteiger partial charge in [0.2, 0.25) is 0 Å². The van der Waals surface area contributed by atoms with Crippen LogP contribution in [0.15, 0.2) is 0 Å². The summed E-state index contributed by atoms with van der Waals surface area (Å²) < 4.78 is 34.2. The van der Waals surface area contributed by atoms with E-state index in [0.717, 1.165) is 0 Å². The monoisotopic (exact) mass is 545 g/mol. The van der Waals surface area contributed by atoms with Gasteiger partial charge in [-0.3, -0.25) is 0 Å². The van der Waals surface area contributed by atoms with Crippen molar-refractivity contribution < 1.29 is 69.3 Å². The van der Waals surface area contributed by atoms with Crippen molar-refractivity contribution >= 4 is 0 Å². The molecule has 5 unspecified atom stereocenters. The maximum absolute atomic E-state index is 10.9. The summed E-state index contributed by atoms with van der Waals surface area (Å²) in [5.74, 6) is 0. The molecule has 220 valence electrons. The Labute approximate surface area is 215 Å². The van der Waals surface area contributed by atoms with E-state index in [9.17, 15) is 40.9 Å². The van der Waals surface area contributed by atoms with Crippen LogP contribution in [-0.2, 0) is 28.4 Å². The third-order valence-electron chi connectivity index (χ3n) is 6.55. The molecule has 0 spiro atoms. The summed E-state index contributed by atoms with van der Waals surface area (Å²) in [6, 6.07) is 0. The molecule has 14 atom stereocenters. The fourth-order valence-electron chi connectivity index (χ4n) is 4.38. The van der Waals surface area contributed by atoms with E-state index in [1.807, 2.05) is 0 Å². The second kappa shape index (κ2) is 14.7. The first-order valence-corrected chi connectivity index (χ1v) is 12.0. The first-order valence-electron chi connectivity index (χ1n) is 12.0. The highest BCUT2D eigenvalue weighted by molar-refractivity contribution is 4.95. The van der Waals surface area contributed by atoms with Crippen LogP contribution in [0.25, 0.3) is 0 Å². The number of aliphatic hydroxyl groups excluding tert-OH is 8. The van der Waals surface area contributed by atoms with E-state index in [1.54, 1.807) is 0 Å². The first kappa shape index (κ1) is 32.6. The van der Waals surface area contributed by atoms with Crippen molar-refractivity contribution in [2.45, 2.75) is 113 Å². The molecule has 15 heteroatoms. The van der Waals surface area contributed by atoms with Gasteiger partial charge in [-0.1, -0.05) is 7.43 Å². The van der Waals surface area contributed by atoms with Crippen LogP contribution >= 0.6 is 0 Å². The first-order chi connectivity index (χ1) is 17.1. The number of rotatable bonds is 10. The summed E-state index contributed by atoms with van der Waals surface area (Å²) in [4.78, 5) is 0. The normalized spacial score (nSPS) is 46.9. The van der Waals surface area contributed by atoms with Crippen LogP contribution < -0.4 is 5.73 Å². The lowest BCUT2D eigenvalue weighted by atomic mass is 9.96. The summed E-state index contributed by atoms with van der Waals surface area (Å²) in [5, 5.41) is 80.9. The quantitative estimate of drug-likeness (QED) is 0.117. The zero-order valence-corrected chi connectivity index (χ0v) is 19.9. The highest BCUT2D eigenvalue weighted by Gasteiger charge is 2.53. The zero-order chi connectivity index (χ0) is 26.6. The van der Waals surface area contributed by atoms with Crippen molar-refractivity contribution in [3.8, 4) is 0 Å². The van der Waals surface area contributed by atoms with E-state index in [-0.39, 0.29) is 20.5 Å². The van der Waals surface area contributed by atoms with Crippen LogP contribution in [-0.4, -0.2) is 153 Å². The third kappa shape index (κ3) is 7.53. The van der Waals surface area contributed by atoms with Gasteiger partial charge in [0.05, 0.1) is 32.0 Å². The lowest BCUT2D eigenvalue weighted by molar-refractivity contribution is -0.382. The summed E-state index contributed by atoms with van der Waals surface area (Å²) in [7, 11) is 0. The van der Waals surface area contributed by atoms with Crippen molar-refractivity contribution in [1.82, 2.24) is 0 Å². The van der Waals surface area contributed by atoms with Crippen LogP contribution in [0.5, 0.6) is 0 Å². The summed E-state index contributed by atoms with van der Waals surface area (Å²) in [6.07, 6.45) is -18.6. The molecule has 3 heterocycles. The molecule has 15 nitrogen and oxygen atoms in total. The Bertz CT molecular complexity index is 649. The predicted molar refractivity (Wildman–Crippen MR) is 123 cm³/mol. The minimum absolute atomic E-state index is 0. The lowest BCUT2D eigenvalue weighted by Gasteiger charge is -2.48. The van der Waals surface area contributed by atoms with Gasteiger partial charge in [0.15, 0.2) is 18.9 Å². The van der Waals surface area contributed by atoms with E-state index in [1.165, 1.54) is 6.92 Å². The second-order valence-corrected chi connectivity index (χ2v) is 9.19. The number of hydrogen-bond donors (Lipinski definition) is 9. The topological polar surface area (TPSA) is 243 Å². The minimum atomic E-state index is -1.77. The molecule has 0 aromatic carbocycles. The zero-order valence-electron chi connectivity index (χ0n) is 19.9. The molecule has 0 bridgehead atoms. The number of hydrogen-bond acceptors (Lipinski definition) is 15. The molecule has 3 rings (SSSR count). The molecule has 3 fully saturated rings. The van der Waals surface area contributed by atoms with E-state index >= 15 is 0 Å². The minimum Gasteiger partial charge on any atom is -0.394 e. The van der Waals surface area contributed by atoms with E-state index < -0.39 is 99.2 Å². The molecule has 0 aromatic heterocycles. The average molecular weight is 546 g/mol. The fourth-order valence-corrected chi connectivity index (χ4v) is 4.38. The third-order valence-corrected chi connectivity index (χ3v) is 6.55. The highest BCUT2D eigenvalue weighted by atomic mass is 16.8. The van der Waals surface area contributed by atoms with Crippen molar-refractivity contribution in [3.63, 3.8) is 0 Å². The number of aliphatic hydroxyl groups is 8. The van der Waals surface area contributed by atoms with Gasteiger partial charge in [-0.05, 0) is 19.9 Å². The molecule has 0 aliphatic carbocycles. The number of nitrogens with two attached hydrogens (primary N) is 1. The van der Waals surface area contributed by atoms with Gasteiger partial charge in [0.25, 0.3) is 0 Å². The molecule has 10 N–H and O–H groups in total. The Hall–Kier alpha value is -0.600. The van der Waals surface area contributed by atoms with Crippen molar-refractivity contribution in [2.24, 2.45) is 5.73 Å². The van der Waals surface area contributed by atoms with Crippen molar-refractivity contribution in [1.29, 1.82) is 0 Å². The molecular formula is C22H43NO14. The Morgan fingerprint density at radius 1 is 0.757 bits per heavy atom. The standard InChI is InChI=1S/C21H39NO14.CH4/c1-8-13(26)9(25)5-12(32-8)35-19-18(15(28)11(7-24)34-21(19)31-4-2-3-22)36-20-17(30)16(29)14(27)10(6-23)33-20;/h8-21,23-30H,2-7,22H2,1H3;1H4/t8?,9-,10?,11?,12+,13-,14+,15+,16?,17+,18?,19+,20-,21-;/m1./s1. The van der Waals surface area contributed by atoms with Gasteiger partial charge < -0.3 is 75.0 Å². The van der Waals surface area contributed by atoms with Crippen LogP contribution in [0, 0.1) is 0 Å². The molecule has 0 saturated carbocycles. The van der Waals surface area contributed by atoms with Crippen molar-refractivity contribution in [2.75, 3.05) is 26.4 Å². The van der Waals surface area contributed by atoms with Crippen LogP contribution in [0.2, 0.25) is 0 Å². The molecule has 3 aliphatic rings. The summed E-state index contributed by atoms with van der Waals surface area (Å²) in [6.45, 7) is 0.628. The highest BCUT2D eigenvalue weighted by Crippen LogP contribution is 2.33. The Morgan fingerprint density at radius 3 is 1.97 bits per heavy atom. The van der Waals surface area contributed by atoms with E-state index in [0.29, 0.717) is 13.0 Å². The summed E-state index contributed by atoms with van der Waals surface area (Å²) in [5.41, 5.74) is 5.53. The maximum atomic E-state index is 10.9. The SMILES string of the molecule is C.CC1O[C@@H](O[C@H]2C(O[C@H]3OC(CO)[C@H](O)C(O)[C@@H]3O)[C@@H](O)C(CO)O[C@H]2OCCCN)C[C@@H](O)[C@@H]1O. The van der Waals surface area contributed by atoms with Gasteiger partial charge in [-0.2, -0.15) is 0 Å². The smallest absolute Gasteiger partial charge is 0.187 e. The van der Waals surface area contributed by atoms with Gasteiger partial charge in [0, 0.05) is 6.42 Å². The second-order valence-electron chi connectivity index (χ2n) is 9.19. The number of ether oxygens (including phenoxy) is 6. The largest absolute Gasteiger partial charge is 0.394 e. The summed E-state index contributed by atoms with van der Waals surface area (Å²) >= 11 is 0. The van der Waals surface area contributed by atoms with Crippen LogP contribution in [0.1, 0.15) is 27.2 Å². The van der Waals surface area contributed by atoms with Gasteiger partial charge in [-0.15, -0.1) is 0 Å². The predicted octanol–water partition coefficient (Wildman–Crippen LogP) is -4.51. The van der Waals surface area contributed by atoms with Crippen LogP contribution in [0.4, 0.5) is 0 Å².